The Morgan fingerprint density at radius 3 is 2.71 bits per heavy atom. The lowest BCUT2D eigenvalue weighted by Crippen LogP contribution is -2.27. The molecule has 3 aromatic rings. The molecule has 8 heteroatoms. The minimum atomic E-state index is -0.363. The van der Waals surface area contributed by atoms with Crippen molar-refractivity contribution in [3.8, 4) is 11.5 Å². The summed E-state index contributed by atoms with van der Waals surface area (Å²) in [5, 5.41) is 13.8. The Hall–Kier alpha value is -3.68. The fraction of sp³-hybridized carbons (Fsp3) is 0.150. The molecular weight excluding hydrogens is 363 g/mol. The van der Waals surface area contributed by atoms with E-state index in [1.807, 2.05) is 6.07 Å². The molecule has 0 atom stereocenters. The number of nitrogens with one attached hydrogen (secondary N) is 2. The normalized spacial score (nSPS) is 11.9. The number of ether oxygens (including phenoxy) is 2. The van der Waals surface area contributed by atoms with E-state index in [9.17, 15) is 9.18 Å². The van der Waals surface area contributed by atoms with Crippen LogP contribution in [0.5, 0.6) is 11.5 Å². The van der Waals surface area contributed by atoms with Crippen LogP contribution >= 0.6 is 0 Å². The number of hydrogen-bond acceptors (Lipinski definition) is 6. The van der Waals surface area contributed by atoms with Gasteiger partial charge in [-0.15, -0.1) is 10.2 Å². The van der Waals surface area contributed by atoms with Gasteiger partial charge in [0.2, 0.25) is 6.79 Å². The van der Waals surface area contributed by atoms with E-state index in [2.05, 4.69) is 20.8 Å². The number of fused-ring (bicyclic) bond motifs is 1. The fourth-order valence-electron chi connectivity index (χ4n) is 2.74. The Balaban J connectivity index is 1.32. The average Bonchev–Trinajstić information content (AvgIpc) is 3.18. The van der Waals surface area contributed by atoms with E-state index >= 15 is 0 Å². The fourth-order valence-corrected chi connectivity index (χ4v) is 2.74. The van der Waals surface area contributed by atoms with Crippen molar-refractivity contribution >= 4 is 17.4 Å². The second kappa shape index (κ2) is 7.91. The number of aromatic nitrogens is 2. The van der Waals surface area contributed by atoms with Gasteiger partial charge in [-0.25, -0.2) is 4.39 Å². The van der Waals surface area contributed by atoms with Crippen molar-refractivity contribution < 1.29 is 18.7 Å². The maximum Gasteiger partial charge on any atom is 0.271 e. The van der Waals surface area contributed by atoms with Crippen LogP contribution in [0.25, 0.3) is 0 Å². The van der Waals surface area contributed by atoms with Gasteiger partial charge in [-0.1, -0.05) is 18.2 Å². The minimum absolute atomic E-state index is 0.185. The zero-order valence-corrected chi connectivity index (χ0v) is 14.8. The lowest BCUT2D eigenvalue weighted by molar-refractivity contribution is 0.0948. The Labute approximate surface area is 160 Å². The number of halogens is 1. The van der Waals surface area contributed by atoms with Gasteiger partial charge in [0.15, 0.2) is 23.0 Å². The van der Waals surface area contributed by atoms with Crippen molar-refractivity contribution in [2.24, 2.45) is 0 Å². The van der Waals surface area contributed by atoms with Crippen LogP contribution < -0.4 is 20.1 Å². The third kappa shape index (κ3) is 4.01. The van der Waals surface area contributed by atoms with Crippen LogP contribution in [0.2, 0.25) is 0 Å². The SMILES string of the molecule is O=C(NCCc1ccccc1F)c1ccc(Nc2ccc3c(c2)OCO3)nn1. The molecule has 1 aliphatic heterocycles. The van der Waals surface area contributed by atoms with Gasteiger partial charge in [0.25, 0.3) is 5.91 Å². The highest BCUT2D eigenvalue weighted by Gasteiger charge is 2.14. The number of anilines is 2. The lowest BCUT2D eigenvalue weighted by Gasteiger charge is -2.07. The van der Waals surface area contributed by atoms with Gasteiger partial charge in [-0.3, -0.25) is 4.79 Å². The largest absolute Gasteiger partial charge is 0.454 e. The van der Waals surface area contributed by atoms with Crippen molar-refractivity contribution in [1.29, 1.82) is 0 Å². The maximum atomic E-state index is 13.6. The first kappa shape index (κ1) is 17.7. The molecule has 142 valence electrons. The smallest absolute Gasteiger partial charge is 0.271 e. The van der Waals surface area contributed by atoms with Gasteiger partial charge in [0, 0.05) is 18.3 Å². The first-order chi connectivity index (χ1) is 13.7. The molecule has 7 nitrogen and oxygen atoms in total. The third-order valence-electron chi connectivity index (χ3n) is 4.18. The molecular formula is C20H17FN4O3. The summed E-state index contributed by atoms with van der Waals surface area (Å²) in [6, 6.07) is 15.1. The molecule has 28 heavy (non-hydrogen) atoms. The van der Waals surface area contributed by atoms with Crippen LogP contribution in [0.1, 0.15) is 16.1 Å². The number of rotatable bonds is 6. The number of benzene rings is 2. The van der Waals surface area contributed by atoms with Crippen molar-refractivity contribution in [3.05, 3.63) is 71.7 Å². The van der Waals surface area contributed by atoms with Crippen LogP contribution in [0.15, 0.2) is 54.6 Å². The van der Waals surface area contributed by atoms with Crippen LogP contribution in [-0.4, -0.2) is 29.4 Å². The molecule has 0 spiro atoms. The molecule has 0 radical (unpaired) electrons. The summed E-state index contributed by atoms with van der Waals surface area (Å²) in [6.07, 6.45) is 0.398. The van der Waals surface area contributed by atoms with Crippen molar-refractivity contribution in [2.75, 3.05) is 18.7 Å². The second-order valence-electron chi connectivity index (χ2n) is 6.09. The van der Waals surface area contributed by atoms with Gasteiger partial charge < -0.3 is 20.1 Å². The lowest BCUT2D eigenvalue weighted by atomic mass is 10.1. The summed E-state index contributed by atoms with van der Waals surface area (Å²) < 4.78 is 24.2. The van der Waals surface area contributed by atoms with Gasteiger partial charge in [-0.2, -0.15) is 0 Å². The summed E-state index contributed by atoms with van der Waals surface area (Å²) in [5.74, 6) is 1.19. The second-order valence-corrected chi connectivity index (χ2v) is 6.09. The van der Waals surface area contributed by atoms with E-state index in [-0.39, 0.29) is 24.2 Å². The summed E-state index contributed by atoms with van der Waals surface area (Å²) in [5.41, 5.74) is 1.50. The average molecular weight is 380 g/mol. The Morgan fingerprint density at radius 1 is 1.04 bits per heavy atom. The zero-order valence-electron chi connectivity index (χ0n) is 14.8. The van der Waals surface area contributed by atoms with E-state index < -0.39 is 0 Å². The number of carbonyl (C=O) groups is 1. The summed E-state index contributed by atoms with van der Waals surface area (Å²) in [6.45, 7) is 0.512. The minimum Gasteiger partial charge on any atom is -0.454 e. The molecule has 0 saturated carbocycles. The predicted octanol–water partition coefficient (Wildman–Crippen LogP) is 3.06. The van der Waals surface area contributed by atoms with E-state index in [1.165, 1.54) is 6.07 Å². The molecule has 1 amide bonds. The highest BCUT2D eigenvalue weighted by atomic mass is 19.1. The topological polar surface area (TPSA) is 85.4 Å². The standard InChI is InChI=1S/C20H17FN4O3/c21-15-4-2-1-3-13(15)9-10-22-20(26)16-6-8-19(25-24-16)23-14-5-7-17-18(11-14)28-12-27-17/h1-8,11H,9-10,12H2,(H,22,26)(H,23,25). The number of amides is 1. The number of hydrogen-bond donors (Lipinski definition) is 2. The Morgan fingerprint density at radius 2 is 1.89 bits per heavy atom. The zero-order chi connectivity index (χ0) is 19.3. The molecule has 0 saturated heterocycles. The number of nitrogens with zero attached hydrogens (tertiary/aromatic N) is 2. The molecule has 2 N–H and O–H groups in total. The van der Waals surface area contributed by atoms with Crippen LogP contribution in [0.3, 0.4) is 0 Å². The van der Waals surface area contributed by atoms with Crippen molar-refractivity contribution in [2.45, 2.75) is 6.42 Å². The van der Waals surface area contributed by atoms with Crippen LogP contribution in [-0.2, 0) is 6.42 Å². The van der Waals surface area contributed by atoms with E-state index in [0.717, 1.165) is 5.69 Å². The molecule has 0 unspecified atom stereocenters. The third-order valence-corrected chi connectivity index (χ3v) is 4.18. The molecule has 2 aromatic carbocycles. The first-order valence-corrected chi connectivity index (χ1v) is 8.71. The molecule has 0 bridgehead atoms. The van der Waals surface area contributed by atoms with E-state index in [4.69, 9.17) is 9.47 Å². The van der Waals surface area contributed by atoms with E-state index in [1.54, 1.807) is 42.5 Å². The highest BCUT2D eigenvalue weighted by Crippen LogP contribution is 2.34. The van der Waals surface area contributed by atoms with Crippen molar-refractivity contribution in [3.63, 3.8) is 0 Å². The highest BCUT2D eigenvalue weighted by molar-refractivity contribution is 5.92. The molecule has 1 aromatic heterocycles. The molecule has 1 aliphatic rings. The Bertz CT molecular complexity index is 995. The molecule has 4 rings (SSSR count). The van der Waals surface area contributed by atoms with Gasteiger partial charge >= 0.3 is 0 Å². The van der Waals surface area contributed by atoms with Gasteiger partial charge in [0.1, 0.15) is 5.82 Å². The quantitative estimate of drug-likeness (QED) is 0.684. The molecule has 2 heterocycles. The number of carbonyl (C=O) groups excluding carboxylic acids is 1. The summed E-state index contributed by atoms with van der Waals surface area (Å²) >= 11 is 0. The summed E-state index contributed by atoms with van der Waals surface area (Å²) in [7, 11) is 0. The Kier molecular flexibility index (Phi) is 5.01. The van der Waals surface area contributed by atoms with Crippen LogP contribution in [0.4, 0.5) is 15.9 Å². The molecule has 0 fully saturated rings. The van der Waals surface area contributed by atoms with Crippen molar-refractivity contribution in [1.82, 2.24) is 15.5 Å². The van der Waals surface area contributed by atoms with Gasteiger partial charge in [-0.05, 0) is 42.3 Å². The van der Waals surface area contributed by atoms with Crippen LogP contribution in [0, 0.1) is 5.82 Å². The maximum absolute atomic E-state index is 13.6. The van der Waals surface area contributed by atoms with E-state index in [0.29, 0.717) is 35.8 Å². The van der Waals surface area contributed by atoms with Gasteiger partial charge in [0.05, 0.1) is 0 Å². The summed E-state index contributed by atoms with van der Waals surface area (Å²) in [4.78, 5) is 12.2. The first-order valence-electron chi connectivity index (χ1n) is 8.71. The monoisotopic (exact) mass is 380 g/mol. The predicted molar refractivity (Wildman–Crippen MR) is 100 cm³/mol. The molecule has 0 aliphatic carbocycles.